The van der Waals surface area contributed by atoms with Crippen molar-refractivity contribution in [3.63, 3.8) is 0 Å². The van der Waals surface area contributed by atoms with Gasteiger partial charge in [0, 0.05) is 19.8 Å². The molecule has 2 heterocycles. The summed E-state index contributed by atoms with van der Waals surface area (Å²) in [6.45, 7) is 0.669. The molecule has 0 aromatic carbocycles. The molecule has 0 aliphatic rings. The van der Waals surface area contributed by atoms with Crippen LogP contribution in [-0.2, 0) is 20.0 Å². The standard InChI is InChI=1S/C10H13N5O2/c1-13-7-9(5-11-13)3-2-4-14-8-10(6-12-14)15(16)17/h5-8H,2-4H2,1H3. The monoisotopic (exact) mass is 235 g/mol. The third-order valence-corrected chi connectivity index (χ3v) is 2.44. The summed E-state index contributed by atoms with van der Waals surface area (Å²) in [5.74, 6) is 0. The quantitative estimate of drug-likeness (QED) is 0.575. The molecule has 0 unspecified atom stereocenters. The van der Waals surface area contributed by atoms with E-state index < -0.39 is 4.92 Å². The Kier molecular flexibility index (Phi) is 3.17. The number of nitrogens with zero attached hydrogens (tertiary/aromatic N) is 5. The molecule has 0 bridgehead atoms. The van der Waals surface area contributed by atoms with Crippen LogP contribution in [0.4, 0.5) is 5.69 Å². The summed E-state index contributed by atoms with van der Waals surface area (Å²) in [6, 6.07) is 0. The zero-order chi connectivity index (χ0) is 12.3. The summed E-state index contributed by atoms with van der Waals surface area (Å²) in [7, 11) is 1.88. The van der Waals surface area contributed by atoms with Crippen molar-refractivity contribution in [1.29, 1.82) is 0 Å². The molecule has 0 aliphatic carbocycles. The highest BCUT2D eigenvalue weighted by Crippen LogP contribution is 2.09. The van der Waals surface area contributed by atoms with Crippen LogP contribution in [0.2, 0.25) is 0 Å². The Balaban J connectivity index is 1.83. The third-order valence-electron chi connectivity index (χ3n) is 2.44. The van der Waals surface area contributed by atoms with Crippen molar-refractivity contribution in [3.8, 4) is 0 Å². The van der Waals surface area contributed by atoms with Crippen LogP contribution in [0.15, 0.2) is 24.8 Å². The van der Waals surface area contributed by atoms with Gasteiger partial charge in [0.1, 0.15) is 12.4 Å². The second kappa shape index (κ2) is 4.77. The molecule has 17 heavy (non-hydrogen) atoms. The molecule has 7 nitrogen and oxygen atoms in total. The van der Waals surface area contributed by atoms with Crippen molar-refractivity contribution in [2.24, 2.45) is 7.05 Å². The number of aryl methyl sites for hydroxylation is 3. The molecule has 2 aromatic heterocycles. The molecule has 0 saturated carbocycles. The van der Waals surface area contributed by atoms with E-state index in [1.807, 2.05) is 19.4 Å². The maximum Gasteiger partial charge on any atom is 0.306 e. The van der Waals surface area contributed by atoms with E-state index in [-0.39, 0.29) is 5.69 Å². The van der Waals surface area contributed by atoms with Gasteiger partial charge in [-0.15, -0.1) is 0 Å². The Hall–Kier alpha value is -2.18. The van der Waals surface area contributed by atoms with E-state index in [0.29, 0.717) is 6.54 Å². The molecule has 0 spiro atoms. The van der Waals surface area contributed by atoms with E-state index in [0.717, 1.165) is 18.4 Å². The van der Waals surface area contributed by atoms with Gasteiger partial charge in [0.15, 0.2) is 0 Å². The van der Waals surface area contributed by atoms with Crippen molar-refractivity contribution in [2.45, 2.75) is 19.4 Å². The molecule has 0 radical (unpaired) electrons. The van der Waals surface area contributed by atoms with Gasteiger partial charge in [-0.3, -0.25) is 19.5 Å². The summed E-state index contributed by atoms with van der Waals surface area (Å²) in [5.41, 5.74) is 1.19. The van der Waals surface area contributed by atoms with Gasteiger partial charge in [0.25, 0.3) is 0 Å². The van der Waals surface area contributed by atoms with Gasteiger partial charge in [0.05, 0.1) is 11.1 Å². The molecule has 0 saturated heterocycles. The van der Waals surface area contributed by atoms with Crippen molar-refractivity contribution < 1.29 is 4.92 Å². The molecule has 0 amide bonds. The van der Waals surface area contributed by atoms with E-state index in [1.165, 1.54) is 12.4 Å². The van der Waals surface area contributed by atoms with Crippen LogP contribution in [0.1, 0.15) is 12.0 Å². The average Bonchev–Trinajstić information content (AvgIpc) is 2.88. The fourth-order valence-electron chi connectivity index (χ4n) is 1.62. The molecule has 0 aliphatic heterocycles. The molecule has 0 atom stereocenters. The number of rotatable bonds is 5. The SMILES string of the molecule is Cn1cc(CCCn2cc([N+](=O)[O-])cn2)cn1. The van der Waals surface area contributed by atoms with Crippen LogP contribution in [0, 0.1) is 10.1 Å². The minimum Gasteiger partial charge on any atom is -0.276 e. The van der Waals surface area contributed by atoms with Crippen molar-refractivity contribution in [2.75, 3.05) is 0 Å². The largest absolute Gasteiger partial charge is 0.306 e. The summed E-state index contributed by atoms with van der Waals surface area (Å²) in [4.78, 5) is 10.0. The van der Waals surface area contributed by atoms with Crippen LogP contribution in [-0.4, -0.2) is 24.5 Å². The second-order valence-corrected chi connectivity index (χ2v) is 3.84. The lowest BCUT2D eigenvalue weighted by molar-refractivity contribution is -0.385. The predicted octanol–water partition coefficient (Wildman–Crippen LogP) is 1.16. The van der Waals surface area contributed by atoms with Gasteiger partial charge < -0.3 is 0 Å². The normalized spacial score (nSPS) is 10.6. The van der Waals surface area contributed by atoms with Crippen LogP contribution in [0.5, 0.6) is 0 Å². The fraction of sp³-hybridized carbons (Fsp3) is 0.400. The summed E-state index contributed by atoms with van der Waals surface area (Å²) < 4.78 is 3.35. The highest BCUT2D eigenvalue weighted by atomic mass is 16.6. The summed E-state index contributed by atoms with van der Waals surface area (Å²) in [6.07, 6.45) is 8.27. The molecular weight excluding hydrogens is 222 g/mol. The Morgan fingerprint density at radius 1 is 1.35 bits per heavy atom. The van der Waals surface area contributed by atoms with Gasteiger partial charge in [-0.2, -0.15) is 10.2 Å². The number of hydrogen-bond acceptors (Lipinski definition) is 4. The van der Waals surface area contributed by atoms with E-state index in [1.54, 1.807) is 9.36 Å². The first-order valence-corrected chi connectivity index (χ1v) is 5.29. The third kappa shape index (κ3) is 2.90. The Morgan fingerprint density at radius 2 is 2.18 bits per heavy atom. The maximum absolute atomic E-state index is 10.5. The van der Waals surface area contributed by atoms with E-state index >= 15 is 0 Å². The van der Waals surface area contributed by atoms with Gasteiger partial charge in [-0.25, -0.2) is 0 Å². The zero-order valence-electron chi connectivity index (χ0n) is 9.48. The lowest BCUT2D eigenvalue weighted by atomic mass is 10.2. The van der Waals surface area contributed by atoms with Crippen molar-refractivity contribution in [3.05, 3.63) is 40.5 Å². The maximum atomic E-state index is 10.5. The number of nitro groups is 1. The smallest absolute Gasteiger partial charge is 0.276 e. The zero-order valence-corrected chi connectivity index (χ0v) is 9.48. The van der Waals surface area contributed by atoms with Crippen molar-refractivity contribution >= 4 is 5.69 Å². The van der Waals surface area contributed by atoms with Gasteiger partial charge in [0.2, 0.25) is 0 Å². The van der Waals surface area contributed by atoms with Crippen LogP contribution in [0.3, 0.4) is 0 Å². The molecule has 2 aromatic rings. The summed E-state index contributed by atoms with van der Waals surface area (Å²) >= 11 is 0. The van der Waals surface area contributed by atoms with Crippen LogP contribution < -0.4 is 0 Å². The fourth-order valence-corrected chi connectivity index (χ4v) is 1.62. The van der Waals surface area contributed by atoms with Crippen molar-refractivity contribution in [1.82, 2.24) is 19.6 Å². The molecule has 2 rings (SSSR count). The minimum absolute atomic E-state index is 0.0337. The molecule has 0 fully saturated rings. The highest BCUT2D eigenvalue weighted by molar-refractivity contribution is 5.20. The first-order valence-electron chi connectivity index (χ1n) is 5.29. The Labute approximate surface area is 97.8 Å². The lowest BCUT2D eigenvalue weighted by Crippen LogP contribution is -1.99. The van der Waals surface area contributed by atoms with Crippen LogP contribution in [0.25, 0.3) is 0 Å². The first-order chi connectivity index (χ1) is 8.15. The van der Waals surface area contributed by atoms with E-state index in [4.69, 9.17) is 0 Å². The lowest BCUT2D eigenvalue weighted by Gasteiger charge is -1.98. The molecule has 0 N–H and O–H groups in total. The first kappa shape index (κ1) is 11.3. The van der Waals surface area contributed by atoms with Crippen LogP contribution >= 0.6 is 0 Å². The van der Waals surface area contributed by atoms with E-state index in [2.05, 4.69) is 10.2 Å². The predicted molar refractivity (Wildman–Crippen MR) is 60.4 cm³/mol. The highest BCUT2D eigenvalue weighted by Gasteiger charge is 2.08. The average molecular weight is 235 g/mol. The molecule has 7 heteroatoms. The molecule has 90 valence electrons. The Bertz CT molecular complexity index is 516. The number of aromatic nitrogens is 4. The summed E-state index contributed by atoms with van der Waals surface area (Å²) in [5, 5.41) is 18.5. The minimum atomic E-state index is -0.440. The van der Waals surface area contributed by atoms with Gasteiger partial charge in [-0.1, -0.05) is 0 Å². The second-order valence-electron chi connectivity index (χ2n) is 3.84. The Morgan fingerprint density at radius 3 is 2.76 bits per heavy atom. The van der Waals surface area contributed by atoms with Gasteiger partial charge in [-0.05, 0) is 18.4 Å². The van der Waals surface area contributed by atoms with E-state index in [9.17, 15) is 10.1 Å². The van der Waals surface area contributed by atoms with Gasteiger partial charge >= 0.3 is 5.69 Å². The number of hydrogen-bond donors (Lipinski definition) is 0. The topological polar surface area (TPSA) is 78.8 Å². The molecular formula is C10H13N5O2.